The molecule has 0 saturated carbocycles. The van der Waals surface area contributed by atoms with Gasteiger partial charge in [0.25, 0.3) is 0 Å². The van der Waals surface area contributed by atoms with Gasteiger partial charge in [0.2, 0.25) is 0 Å². The third-order valence-electron chi connectivity index (χ3n) is 6.20. The zero-order valence-electron chi connectivity index (χ0n) is 17.5. The molecule has 2 aromatic carbocycles. The summed E-state index contributed by atoms with van der Waals surface area (Å²) in [5.74, 6) is 0. The second-order valence-electron chi connectivity index (χ2n) is 8.30. The largest absolute Gasteiger partial charge is 0.464 e. The van der Waals surface area contributed by atoms with Crippen LogP contribution in [-0.4, -0.2) is 40.2 Å². The second kappa shape index (κ2) is 8.90. The van der Waals surface area contributed by atoms with Crippen LogP contribution in [0, 0.1) is 6.92 Å². The summed E-state index contributed by atoms with van der Waals surface area (Å²) in [6.45, 7) is 3.93. The van der Waals surface area contributed by atoms with E-state index in [1.165, 1.54) is 16.7 Å². The molecule has 3 unspecified atom stereocenters. The Labute approximate surface area is 176 Å². The molecule has 0 amide bonds. The molecular weight excluding hydrogens is 380 g/mol. The average molecular weight is 411 g/mol. The van der Waals surface area contributed by atoms with Gasteiger partial charge in [0.05, 0.1) is 25.1 Å². The zero-order valence-corrected chi connectivity index (χ0v) is 17.5. The molecule has 5 nitrogen and oxygen atoms in total. The first kappa shape index (κ1) is 21.1. The molecule has 2 heterocycles. The molecule has 160 valence electrons. The molecule has 0 aliphatic carbocycles. The fourth-order valence-corrected chi connectivity index (χ4v) is 4.42. The van der Waals surface area contributed by atoms with Crippen molar-refractivity contribution >= 4 is 11.0 Å². The molecule has 3 aromatic rings. The minimum absolute atomic E-state index is 0.252. The van der Waals surface area contributed by atoms with Crippen LogP contribution >= 0.6 is 0 Å². The minimum atomic E-state index is -1.09. The van der Waals surface area contributed by atoms with Crippen molar-refractivity contribution in [2.75, 3.05) is 6.61 Å². The maximum atomic E-state index is 10.3. The number of rotatable bonds is 6. The topological polar surface area (TPSA) is 83.1 Å². The van der Waals surface area contributed by atoms with Crippen LogP contribution < -0.4 is 0 Å². The van der Waals surface area contributed by atoms with E-state index in [9.17, 15) is 15.3 Å². The number of aryl methyl sites for hydroxylation is 2. The van der Waals surface area contributed by atoms with Crippen molar-refractivity contribution in [2.45, 2.75) is 63.9 Å². The molecule has 0 bridgehead atoms. The highest BCUT2D eigenvalue weighted by molar-refractivity contribution is 5.85. The van der Waals surface area contributed by atoms with Crippen molar-refractivity contribution in [1.29, 1.82) is 0 Å². The molecule has 1 aliphatic rings. The Balaban J connectivity index is 1.69. The molecule has 1 fully saturated rings. The molecule has 1 aliphatic heterocycles. The highest BCUT2D eigenvalue weighted by Gasteiger charge is 2.38. The van der Waals surface area contributed by atoms with Gasteiger partial charge in [-0.15, -0.1) is 0 Å². The van der Waals surface area contributed by atoms with Gasteiger partial charge in [-0.1, -0.05) is 37.6 Å². The quantitative estimate of drug-likeness (QED) is 0.575. The van der Waals surface area contributed by atoms with E-state index < -0.39 is 24.4 Å². The summed E-state index contributed by atoms with van der Waals surface area (Å²) in [6.07, 6.45) is 1.60. The molecule has 0 radical (unpaired) electrons. The Morgan fingerprint density at radius 3 is 2.50 bits per heavy atom. The van der Waals surface area contributed by atoms with Crippen LogP contribution in [0.4, 0.5) is 0 Å². The van der Waals surface area contributed by atoms with Gasteiger partial charge < -0.3 is 24.5 Å². The lowest BCUT2D eigenvalue weighted by Gasteiger charge is -2.36. The highest BCUT2D eigenvalue weighted by atomic mass is 16.5. The number of aliphatic hydroxyl groups is 3. The van der Waals surface area contributed by atoms with E-state index in [0.29, 0.717) is 0 Å². The van der Waals surface area contributed by atoms with Crippen LogP contribution in [0.1, 0.15) is 53.7 Å². The maximum absolute atomic E-state index is 10.3. The summed E-state index contributed by atoms with van der Waals surface area (Å²) in [7, 11) is 0. The Morgan fingerprint density at radius 1 is 1.07 bits per heavy atom. The van der Waals surface area contributed by atoms with Crippen molar-refractivity contribution < 1.29 is 24.5 Å². The lowest BCUT2D eigenvalue weighted by atomic mass is 9.89. The van der Waals surface area contributed by atoms with E-state index in [0.717, 1.165) is 41.4 Å². The van der Waals surface area contributed by atoms with Gasteiger partial charge >= 0.3 is 0 Å². The number of ether oxygens (including phenoxy) is 1. The zero-order chi connectivity index (χ0) is 21.3. The molecule has 30 heavy (non-hydrogen) atoms. The van der Waals surface area contributed by atoms with Crippen LogP contribution in [0.5, 0.6) is 0 Å². The Hall–Kier alpha value is -2.18. The van der Waals surface area contributed by atoms with Crippen LogP contribution in [0.3, 0.4) is 0 Å². The number of furan rings is 1. The number of benzene rings is 2. The maximum Gasteiger partial charge on any atom is 0.139 e. The lowest BCUT2D eigenvalue weighted by molar-refractivity contribution is -0.181. The highest BCUT2D eigenvalue weighted by Crippen LogP contribution is 2.38. The Morgan fingerprint density at radius 2 is 1.80 bits per heavy atom. The Bertz CT molecular complexity index is 991. The van der Waals surface area contributed by atoms with Gasteiger partial charge in [-0.05, 0) is 54.2 Å². The first-order valence-corrected chi connectivity index (χ1v) is 10.7. The molecular formula is C25H30O5. The van der Waals surface area contributed by atoms with E-state index in [1.54, 1.807) is 6.26 Å². The predicted molar refractivity (Wildman–Crippen MR) is 116 cm³/mol. The molecule has 1 aromatic heterocycles. The third kappa shape index (κ3) is 4.03. The molecule has 4 atom stereocenters. The standard InChI is InChI=1S/C25H30O5/c1-3-4-16-5-7-17(8-6-16)11-18-12-20(25-19(15(18)2)9-10-29-25)22-13-21(27)24(28)23(14-26)30-22/h5-10,12,21-24,26-28H,3-4,11,13-14H2,1-2H3/t21?,22?,23?,24-/m0/s1. The minimum Gasteiger partial charge on any atom is -0.464 e. The van der Waals surface area contributed by atoms with E-state index in [-0.39, 0.29) is 13.0 Å². The first-order chi connectivity index (χ1) is 14.5. The van der Waals surface area contributed by atoms with Crippen LogP contribution in [0.15, 0.2) is 47.1 Å². The predicted octanol–water partition coefficient (Wildman–Crippen LogP) is 3.83. The lowest BCUT2D eigenvalue weighted by Crippen LogP contribution is -2.47. The summed E-state index contributed by atoms with van der Waals surface area (Å²) in [6, 6.07) is 12.8. The number of fused-ring (bicyclic) bond motifs is 1. The average Bonchev–Trinajstić information content (AvgIpc) is 3.24. The number of aliphatic hydroxyl groups excluding tert-OH is 3. The van der Waals surface area contributed by atoms with Crippen molar-refractivity contribution in [3.05, 3.63) is 70.5 Å². The van der Waals surface area contributed by atoms with E-state index in [4.69, 9.17) is 9.15 Å². The molecule has 4 rings (SSSR count). The number of hydrogen-bond acceptors (Lipinski definition) is 5. The van der Waals surface area contributed by atoms with Crippen LogP contribution in [0.2, 0.25) is 0 Å². The second-order valence-corrected chi connectivity index (χ2v) is 8.30. The van der Waals surface area contributed by atoms with E-state index in [2.05, 4.69) is 44.2 Å². The fraction of sp³-hybridized carbons (Fsp3) is 0.440. The van der Waals surface area contributed by atoms with Crippen molar-refractivity contribution in [3.8, 4) is 0 Å². The van der Waals surface area contributed by atoms with Crippen molar-refractivity contribution in [1.82, 2.24) is 0 Å². The third-order valence-corrected chi connectivity index (χ3v) is 6.20. The monoisotopic (exact) mass is 410 g/mol. The normalized spacial score (nSPS) is 24.4. The summed E-state index contributed by atoms with van der Waals surface area (Å²) >= 11 is 0. The molecule has 0 spiro atoms. The summed E-state index contributed by atoms with van der Waals surface area (Å²) in [5.41, 5.74) is 6.51. The molecule has 1 saturated heterocycles. The Kier molecular flexibility index (Phi) is 6.25. The smallest absolute Gasteiger partial charge is 0.139 e. The van der Waals surface area contributed by atoms with Gasteiger partial charge in [-0.3, -0.25) is 0 Å². The van der Waals surface area contributed by atoms with Gasteiger partial charge in [0.1, 0.15) is 17.8 Å². The number of hydrogen-bond donors (Lipinski definition) is 3. The van der Waals surface area contributed by atoms with Gasteiger partial charge in [-0.2, -0.15) is 0 Å². The van der Waals surface area contributed by atoms with E-state index >= 15 is 0 Å². The summed E-state index contributed by atoms with van der Waals surface area (Å²) < 4.78 is 11.7. The molecule has 5 heteroatoms. The van der Waals surface area contributed by atoms with E-state index in [1.807, 2.05) is 6.07 Å². The summed E-state index contributed by atoms with van der Waals surface area (Å²) in [4.78, 5) is 0. The van der Waals surface area contributed by atoms with Crippen LogP contribution in [-0.2, 0) is 17.6 Å². The van der Waals surface area contributed by atoms with Gasteiger partial charge in [0.15, 0.2) is 0 Å². The first-order valence-electron chi connectivity index (χ1n) is 10.7. The van der Waals surface area contributed by atoms with Crippen molar-refractivity contribution in [3.63, 3.8) is 0 Å². The van der Waals surface area contributed by atoms with Gasteiger partial charge in [-0.25, -0.2) is 0 Å². The van der Waals surface area contributed by atoms with Crippen LogP contribution in [0.25, 0.3) is 11.0 Å². The molecule has 3 N–H and O–H groups in total. The van der Waals surface area contributed by atoms with Gasteiger partial charge in [0, 0.05) is 17.4 Å². The fourth-order valence-electron chi connectivity index (χ4n) is 4.42. The summed E-state index contributed by atoms with van der Waals surface area (Å²) in [5, 5.41) is 30.9. The van der Waals surface area contributed by atoms with Crippen molar-refractivity contribution in [2.24, 2.45) is 0 Å². The SMILES string of the molecule is CCCc1ccc(Cc2cc(C3CC(O)[C@H](O)C(CO)O3)c3occc3c2C)cc1.